The van der Waals surface area contributed by atoms with Gasteiger partial charge in [0.1, 0.15) is 11.3 Å². The molecule has 1 aromatic carbocycles. The molecule has 0 aliphatic heterocycles. The molecule has 7 heteroatoms. The van der Waals surface area contributed by atoms with Crippen LogP contribution >= 0.6 is 0 Å². The summed E-state index contributed by atoms with van der Waals surface area (Å²) in [5.41, 5.74) is -0.218. The SMILES string of the molecule is Cc1nc2c(C(F)(F)F)cc#cn2c1C(=O)NCc1ccccc1. The molecule has 0 saturated heterocycles. The fourth-order valence-electron chi connectivity index (χ4n) is 2.39. The molecule has 0 unspecified atom stereocenters. The molecule has 0 saturated carbocycles. The van der Waals surface area contributed by atoms with Gasteiger partial charge < -0.3 is 5.32 Å². The van der Waals surface area contributed by atoms with Crippen LogP contribution in [0.5, 0.6) is 0 Å². The van der Waals surface area contributed by atoms with Gasteiger partial charge in [-0.2, -0.15) is 13.2 Å². The van der Waals surface area contributed by atoms with Crippen molar-refractivity contribution in [1.29, 1.82) is 0 Å². The highest BCUT2D eigenvalue weighted by Gasteiger charge is 2.35. The lowest BCUT2D eigenvalue weighted by molar-refractivity contribution is -0.136. The number of halogens is 3. The second kappa shape index (κ2) is 5.89. The normalized spacial score (nSPS) is 11.3. The van der Waals surface area contributed by atoms with E-state index in [4.69, 9.17) is 0 Å². The van der Waals surface area contributed by atoms with E-state index in [9.17, 15) is 18.0 Å². The van der Waals surface area contributed by atoms with Crippen molar-refractivity contribution in [3.05, 3.63) is 71.2 Å². The second-order valence-electron chi connectivity index (χ2n) is 5.19. The van der Waals surface area contributed by atoms with E-state index in [-0.39, 0.29) is 23.6 Å². The maximum atomic E-state index is 13.0. The first-order valence-electron chi connectivity index (χ1n) is 7.08. The van der Waals surface area contributed by atoms with Gasteiger partial charge in [-0.1, -0.05) is 36.4 Å². The van der Waals surface area contributed by atoms with E-state index in [0.717, 1.165) is 16.0 Å². The molecule has 24 heavy (non-hydrogen) atoms. The van der Waals surface area contributed by atoms with Crippen molar-refractivity contribution in [2.75, 3.05) is 0 Å². The number of aromatic nitrogens is 2. The number of imidazole rings is 1. The zero-order chi connectivity index (χ0) is 17.3. The Kier molecular flexibility index (Phi) is 3.89. The smallest absolute Gasteiger partial charge is 0.347 e. The molecule has 122 valence electrons. The minimum Gasteiger partial charge on any atom is -0.347 e. The minimum absolute atomic E-state index is 0.0169. The Morgan fingerprint density at radius 1 is 1.29 bits per heavy atom. The van der Waals surface area contributed by atoms with E-state index in [1.165, 1.54) is 6.92 Å². The fraction of sp³-hybridized carbons (Fsp3) is 0.176. The number of aryl methyl sites for hydroxylation is 1. The van der Waals surface area contributed by atoms with E-state index in [0.29, 0.717) is 0 Å². The Balaban J connectivity index is 1.95. The first-order valence-corrected chi connectivity index (χ1v) is 7.08. The molecule has 4 nitrogen and oxygen atoms in total. The monoisotopic (exact) mass is 331 g/mol. The van der Waals surface area contributed by atoms with Gasteiger partial charge in [0.05, 0.1) is 5.69 Å². The molecule has 0 atom stereocenters. The van der Waals surface area contributed by atoms with Crippen molar-refractivity contribution in [3.8, 4) is 0 Å². The summed E-state index contributed by atoms with van der Waals surface area (Å²) in [5.74, 6) is -0.521. The molecule has 0 spiro atoms. The van der Waals surface area contributed by atoms with E-state index in [1.54, 1.807) is 0 Å². The third-order valence-electron chi connectivity index (χ3n) is 3.50. The first kappa shape index (κ1) is 15.9. The Morgan fingerprint density at radius 3 is 2.67 bits per heavy atom. The molecular weight excluding hydrogens is 319 g/mol. The predicted octanol–water partition coefficient (Wildman–Crippen LogP) is 3.19. The van der Waals surface area contributed by atoms with Crippen LogP contribution in [0.2, 0.25) is 0 Å². The van der Waals surface area contributed by atoms with Crippen LogP contribution in [0.25, 0.3) is 5.65 Å². The summed E-state index contributed by atoms with van der Waals surface area (Å²) in [5, 5.41) is 2.68. The van der Waals surface area contributed by atoms with Crippen LogP contribution < -0.4 is 5.32 Å². The summed E-state index contributed by atoms with van der Waals surface area (Å²) in [6.07, 6.45) is -2.08. The van der Waals surface area contributed by atoms with Crippen molar-refractivity contribution in [2.45, 2.75) is 19.6 Å². The number of carbonyl (C=O) groups is 1. The van der Waals surface area contributed by atoms with E-state index in [1.807, 2.05) is 30.3 Å². The van der Waals surface area contributed by atoms with Crippen LogP contribution in [0.4, 0.5) is 13.2 Å². The number of fused-ring (bicyclic) bond motifs is 1. The zero-order valence-corrected chi connectivity index (χ0v) is 12.6. The molecule has 0 aliphatic rings. The Bertz CT molecular complexity index is 885. The lowest BCUT2D eigenvalue weighted by atomic mass is 10.2. The van der Waals surface area contributed by atoms with Crippen molar-refractivity contribution in [2.24, 2.45) is 0 Å². The number of hydrogen-bond donors (Lipinski definition) is 1. The fourth-order valence-corrected chi connectivity index (χ4v) is 2.39. The predicted molar refractivity (Wildman–Crippen MR) is 80.2 cm³/mol. The van der Waals surface area contributed by atoms with E-state index in [2.05, 4.69) is 22.6 Å². The van der Waals surface area contributed by atoms with Crippen LogP contribution in [0, 0.1) is 19.2 Å². The van der Waals surface area contributed by atoms with Crippen LogP contribution in [0.3, 0.4) is 0 Å². The molecule has 2 heterocycles. The average Bonchev–Trinajstić information content (AvgIpc) is 2.88. The zero-order valence-electron chi connectivity index (χ0n) is 12.6. The number of amides is 1. The van der Waals surface area contributed by atoms with Crippen molar-refractivity contribution in [1.82, 2.24) is 14.7 Å². The van der Waals surface area contributed by atoms with E-state index < -0.39 is 17.6 Å². The van der Waals surface area contributed by atoms with Crippen LogP contribution in [0.15, 0.2) is 36.4 Å². The van der Waals surface area contributed by atoms with Gasteiger partial charge in [0, 0.05) is 18.8 Å². The van der Waals surface area contributed by atoms with E-state index >= 15 is 0 Å². The molecule has 3 rings (SSSR count). The maximum Gasteiger partial charge on any atom is 0.420 e. The number of benzene rings is 1. The topological polar surface area (TPSA) is 46.4 Å². The molecule has 0 fully saturated rings. The third-order valence-corrected chi connectivity index (χ3v) is 3.50. The third kappa shape index (κ3) is 2.91. The van der Waals surface area contributed by atoms with Gasteiger partial charge in [-0.25, -0.2) is 9.38 Å². The van der Waals surface area contributed by atoms with Gasteiger partial charge in [-0.05, 0) is 12.5 Å². The average molecular weight is 331 g/mol. The largest absolute Gasteiger partial charge is 0.420 e. The molecule has 0 bridgehead atoms. The van der Waals surface area contributed by atoms with Crippen molar-refractivity contribution < 1.29 is 18.0 Å². The lowest BCUT2D eigenvalue weighted by Crippen LogP contribution is -2.25. The quantitative estimate of drug-likeness (QED) is 0.801. The summed E-state index contributed by atoms with van der Waals surface area (Å²) in [4.78, 5) is 16.3. The second-order valence-corrected chi connectivity index (χ2v) is 5.19. The van der Waals surface area contributed by atoms with Gasteiger partial charge in [0.15, 0.2) is 5.65 Å². The number of nitrogens with one attached hydrogen (secondary N) is 1. The molecule has 1 N–H and O–H groups in total. The molecule has 1 amide bonds. The lowest BCUT2D eigenvalue weighted by Gasteiger charge is -2.07. The molecule has 0 aliphatic carbocycles. The molecule has 3 aromatic rings. The highest BCUT2D eigenvalue weighted by atomic mass is 19.4. The maximum absolute atomic E-state index is 13.0. The number of alkyl halides is 3. The van der Waals surface area contributed by atoms with Gasteiger partial charge in [0.2, 0.25) is 0 Å². The summed E-state index contributed by atoms with van der Waals surface area (Å²) in [6, 6.07) is 12.3. The van der Waals surface area contributed by atoms with Crippen LogP contribution in [-0.2, 0) is 12.7 Å². The van der Waals surface area contributed by atoms with Crippen molar-refractivity contribution in [3.63, 3.8) is 0 Å². The molecule has 2 aromatic heterocycles. The molecular formula is C17H12F3N3O. The number of carbonyl (C=O) groups excluding carboxylic acids is 1. The highest BCUT2D eigenvalue weighted by Crippen LogP contribution is 2.31. The van der Waals surface area contributed by atoms with Crippen molar-refractivity contribution >= 4 is 11.6 Å². The number of rotatable bonds is 3. The van der Waals surface area contributed by atoms with Crippen LogP contribution in [-0.4, -0.2) is 15.3 Å². The molecule has 0 radical (unpaired) electrons. The Hall–Kier alpha value is -3.01. The minimum atomic E-state index is -4.58. The number of nitrogens with zero attached hydrogens (tertiary/aromatic N) is 2. The van der Waals surface area contributed by atoms with Gasteiger partial charge in [0.25, 0.3) is 5.91 Å². The number of hydrogen-bond acceptors (Lipinski definition) is 2. The first-order chi connectivity index (χ1) is 11.4. The standard InChI is InChI=1S/C17H12F3N3O/c1-11-14(16(24)21-10-12-6-3-2-4-7-12)23-9-5-8-13(15(23)22-11)17(18,19)20/h2-4,6-8H,10H2,1H3,(H,21,24). The summed E-state index contributed by atoms with van der Waals surface area (Å²) in [7, 11) is 0. The van der Waals surface area contributed by atoms with Gasteiger partial charge in [-0.3, -0.25) is 4.79 Å². The summed E-state index contributed by atoms with van der Waals surface area (Å²) >= 11 is 0. The van der Waals surface area contributed by atoms with Crippen LogP contribution in [0.1, 0.15) is 27.3 Å². The Labute approximate surface area is 135 Å². The van der Waals surface area contributed by atoms with Gasteiger partial charge in [-0.15, -0.1) is 0 Å². The van der Waals surface area contributed by atoms with Gasteiger partial charge >= 0.3 is 6.18 Å². The summed E-state index contributed by atoms with van der Waals surface area (Å²) < 4.78 is 40.1. The Morgan fingerprint density at radius 2 is 2.00 bits per heavy atom. The highest BCUT2D eigenvalue weighted by molar-refractivity contribution is 5.94. The summed E-state index contributed by atoms with van der Waals surface area (Å²) in [6.45, 7) is 1.74.